The molecule has 0 fully saturated rings. The van der Waals surface area contributed by atoms with Crippen LogP contribution in [0.1, 0.15) is 11.3 Å². The number of amides is 1. The maximum atomic E-state index is 11.7. The van der Waals surface area contributed by atoms with Crippen LogP contribution in [-0.2, 0) is 11.3 Å². The van der Waals surface area contributed by atoms with Gasteiger partial charge in [-0.3, -0.25) is 4.79 Å². The number of aromatic nitrogens is 4. The van der Waals surface area contributed by atoms with Gasteiger partial charge in [0, 0.05) is 12.7 Å². The standard InChI is InChI=1S/C15H14N6O/c16-14(22)11(7-17-6-10-4-2-1-3-5-10)12-13-15(20-8-18-12)21-9-19-13/h1-5,7-9,17H,6H2,(H2,16,22)(H,18,19,20,21)/b11-7-. The molecule has 2 heterocycles. The zero-order chi connectivity index (χ0) is 15.4. The quantitative estimate of drug-likeness (QED) is 0.607. The molecular formula is C15H14N6O. The van der Waals surface area contributed by atoms with Gasteiger partial charge in [0.1, 0.15) is 17.5 Å². The van der Waals surface area contributed by atoms with Crippen LogP contribution in [0, 0.1) is 0 Å². The van der Waals surface area contributed by atoms with Gasteiger partial charge in [0.2, 0.25) is 0 Å². The summed E-state index contributed by atoms with van der Waals surface area (Å²) < 4.78 is 0. The molecule has 7 nitrogen and oxygen atoms in total. The van der Waals surface area contributed by atoms with Gasteiger partial charge in [0.05, 0.1) is 11.9 Å². The van der Waals surface area contributed by atoms with Crippen molar-refractivity contribution in [2.75, 3.05) is 0 Å². The molecule has 3 rings (SSSR count). The molecular weight excluding hydrogens is 280 g/mol. The van der Waals surface area contributed by atoms with Crippen molar-refractivity contribution in [2.24, 2.45) is 5.73 Å². The van der Waals surface area contributed by atoms with E-state index in [4.69, 9.17) is 5.73 Å². The molecule has 22 heavy (non-hydrogen) atoms. The minimum absolute atomic E-state index is 0.271. The van der Waals surface area contributed by atoms with Gasteiger partial charge in [0.25, 0.3) is 5.91 Å². The van der Waals surface area contributed by atoms with E-state index in [1.165, 1.54) is 12.7 Å². The summed E-state index contributed by atoms with van der Waals surface area (Å²) >= 11 is 0. The number of hydrogen-bond donors (Lipinski definition) is 3. The van der Waals surface area contributed by atoms with Crippen molar-refractivity contribution in [1.29, 1.82) is 0 Å². The molecule has 0 radical (unpaired) electrons. The number of nitrogens with two attached hydrogens (primary N) is 1. The second-order valence-electron chi connectivity index (χ2n) is 4.61. The zero-order valence-corrected chi connectivity index (χ0v) is 11.7. The molecule has 110 valence electrons. The van der Waals surface area contributed by atoms with Gasteiger partial charge in [-0.25, -0.2) is 15.0 Å². The Hall–Kier alpha value is -3.22. The Bertz CT molecular complexity index is 824. The van der Waals surface area contributed by atoms with Crippen molar-refractivity contribution in [3.63, 3.8) is 0 Å². The van der Waals surface area contributed by atoms with E-state index in [1.807, 2.05) is 30.3 Å². The first kappa shape index (κ1) is 13.7. The Labute approximate surface area is 126 Å². The van der Waals surface area contributed by atoms with E-state index >= 15 is 0 Å². The Kier molecular flexibility index (Phi) is 3.78. The van der Waals surface area contributed by atoms with E-state index in [9.17, 15) is 4.79 Å². The van der Waals surface area contributed by atoms with E-state index in [-0.39, 0.29) is 5.57 Å². The Morgan fingerprint density at radius 3 is 2.82 bits per heavy atom. The van der Waals surface area contributed by atoms with Gasteiger partial charge in [0.15, 0.2) is 5.65 Å². The molecule has 1 aromatic carbocycles. The number of rotatable bonds is 5. The fourth-order valence-corrected chi connectivity index (χ4v) is 2.09. The van der Waals surface area contributed by atoms with Crippen LogP contribution in [-0.4, -0.2) is 25.8 Å². The smallest absolute Gasteiger partial charge is 0.252 e. The number of nitrogens with one attached hydrogen (secondary N) is 2. The van der Waals surface area contributed by atoms with Gasteiger partial charge in [-0.05, 0) is 5.56 Å². The molecule has 0 aliphatic carbocycles. The van der Waals surface area contributed by atoms with Gasteiger partial charge in [-0.15, -0.1) is 0 Å². The van der Waals surface area contributed by atoms with E-state index in [2.05, 4.69) is 25.3 Å². The number of aromatic amines is 1. The maximum absolute atomic E-state index is 11.7. The molecule has 4 N–H and O–H groups in total. The Morgan fingerprint density at radius 2 is 2.05 bits per heavy atom. The SMILES string of the molecule is NC(=O)/C(=C\NCc1ccccc1)c1ncnc2nc[nH]c12. The van der Waals surface area contributed by atoms with Gasteiger partial charge >= 0.3 is 0 Å². The summed E-state index contributed by atoms with van der Waals surface area (Å²) in [5.74, 6) is -0.574. The molecule has 0 spiro atoms. The number of H-pyrrole nitrogens is 1. The largest absolute Gasteiger partial charge is 0.386 e. The molecule has 0 unspecified atom stereocenters. The number of hydrogen-bond acceptors (Lipinski definition) is 5. The van der Waals surface area contributed by atoms with Crippen LogP contribution in [0.5, 0.6) is 0 Å². The molecule has 0 aliphatic heterocycles. The average Bonchev–Trinajstić information content (AvgIpc) is 3.01. The second kappa shape index (κ2) is 6.04. The van der Waals surface area contributed by atoms with Crippen LogP contribution >= 0.6 is 0 Å². The molecule has 2 aromatic heterocycles. The Balaban J connectivity index is 1.88. The van der Waals surface area contributed by atoms with Crippen molar-refractivity contribution in [1.82, 2.24) is 25.3 Å². The predicted molar refractivity (Wildman–Crippen MR) is 82.1 cm³/mol. The highest BCUT2D eigenvalue weighted by Gasteiger charge is 2.15. The lowest BCUT2D eigenvalue weighted by Gasteiger charge is -2.06. The number of imidazole rings is 1. The minimum atomic E-state index is -0.574. The summed E-state index contributed by atoms with van der Waals surface area (Å²) in [4.78, 5) is 26.8. The lowest BCUT2D eigenvalue weighted by Crippen LogP contribution is -2.17. The van der Waals surface area contributed by atoms with Crippen LogP contribution in [0.4, 0.5) is 0 Å². The first-order chi connectivity index (χ1) is 10.8. The van der Waals surface area contributed by atoms with Crippen LogP contribution < -0.4 is 11.1 Å². The summed E-state index contributed by atoms with van der Waals surface area (Å²) in [5, 5.41) is 3.08. The summed E-state index contributed by atoms with van der Waals surface area (Å²) in [6.07, 6.45) is 4.42. The molecule has 3 aromatic rings. The van der Waals surface area contributed by atoms with Crippen LogP contribution in [0.2, 0.25) is 0 Å². The van der Waals surface area contributed by atoms with Crippen LogP contribution in [0.15, 0.2) is 49.2 Å². The van der Waals surface area contributed by atoms with Crippen molar-refractivity contribution >= 4 is 22.6 Å². The predicted octanol–water partition coefficient (Wildman–Crippen LogP) is 0.969. The monoisotopic (exact) mass is 294 g/mol. The fourth-order valence-electron chi connectivity index (χ4n) is 2.09. The van der Waals surface area contributed by atoms with E-state index in [0.29, 0.717) is 23.4 Å². The lowest BCUT2D eigenvalue weighted by molar-refractivity contribution is -0.112. The second-order valence-corrected chi connectivity index (χ2v) is 4.61. The fraction of sp³-hybridized carbons (Fsp3) is 0.0667. The number of primary amides is 1. The minimum Gasteiger partial charge on any atom is -0.386 e. The van der Waals surface area contributed by atoms with E-state index in [0.717, 1.165) is 5.56 Å². The average molecular weight is 294 g/mol. The number of carbonyl (C=O) groups excluding carboxylic acids is 1. The van der Waals surface area contributed by atoms with Crippen molar-refractivity contribution in [3.05, 3.63) is 60.4 Å². The number of carbonyl (C=O) groups is 1. The van der Waals surface area contributed by atoms with E-state index < -0.39 is 5.91 Å². The third-order valence-electron chi connectivity index (χ3n) is 3.14. The lowest BCUT2D eigenvalue weighted by atomic mass is 10.1. The van der Waals surface area contributed by atoms with Gasteiger partial charge in [-0.2, -0.15) is 0 Å². The highest BCUT2D eigenvalue weighted by atomic mass is 16.1. The number of nitrogens with zero attached hydrogens (tertiary/aromatic N) is 3. The van der Waals surface area contributed by atoms with Crippen LogP contribution in [0.3, 0.4) is 0 Å². The first-order valence-corrected chi connectivity index (χ1v) is 6.67. The maximum Gasteiger partial charge on any atom is 0.252 e. The Morgan fingerprint density at radius 1 is 1.23 bits per heavy atom. The number of fused-ring (bicyclic) bond motifs is 1. The molecule has 1 amide bonds. The van der Waals surface area contributed by atoms with Crippen molar-refractivity contribution in [2.45, 2.75) is 6.54 Å². The number of benzene rings is 1. The summed E-state index contributed by atoms with van der Waals surface area (Å²) in [7, 11) is 0. The topological polar surface area (TPSA) is 110 Å². The van der Waals surface area contributed by atoms with Gasteiger partial charge in [-0.1, -0.05) is 30.3 Å². The summed E-state index contributed by atoms with van der Waals surface area (Å²) in [5.41, 5.74) is 8.32. The molecule has 0 saturated heterocycles. The van der Waals surface area contributed by atoms with Crippen LogP contribution in [0.25, 0.3) is 16.7 Å². The highest BCUT2D eigenvalue weighted by molar-refractivity contribution is 6.20. The molecule has 0 aliphatic rings. The molecule has 0 bridgehead atoms. The molecule has 0 atom stereocenters. The molecule has 0 saturated carbocycles. The van der Waals surface area contributed by atoms with Crippen molar-refractivity contribution in [3.8, 4) is 0 Å². The van der Waals surface area contributed by atoms with E-state index in [1.54, 1.807) is 6.20 Å². The first-order valence-electron chi connectivity index (χ1n) is 6.67. The highest BCUT2D eigenvalue weighted by Crippen LogP contribution is 2.18. The van der Waals surface area contributed by atoms with Crippen molar-refractivity contribution < 1.29 is 4.79 Å². The summed E-state index contributed by atoms with van der Waals surface area (Å²) in [6, 6.07) is 9.83. The summed E-state index contributed by atoms with van der Waals surface area (Å²) in [6.45, 7) is 0.578. The molecule has 7 heteroatoms. The normalized spacial score (nSPS) is 11.5. The van der Waals surface area contributed by atoms with Gasteiger partial charge < -0.3 is 16.0 Å². The third-order valence-corrected chi connectivity index (χ3v) is 3.14. The third kappa shape index (κ3) is 2.78. The zero-order valence-electron chi connectivity index (χ0n) is 11.7.